The highest BCUT2D eigenvalue weighted by Crippen LogP contribution is 2.33. The number of nitrogens with zero attached hydrogens (tertiary/aromatic N) is 2. The van der Waals surface area contributed by atoms with Gasteiger partial charge in [-0.1, -0.05) is 18.2 Å². The Kier molecular flexibility index (Phi) is 2.89. The molecule has 0 saturated heterocycles. The Morgan fingerprint density at radius 1 is 1.33 bits per heavy atom. The van der Waals surface area contributed by atoms with Gasteiger partial charge in [-0.25, -0.2) is 0 Å². The Morgan fingerprint density at radius 3 is 3.00 bits per heavy atom. The van der Waals surface area contributed by atoms with E-state index in [1.54, 1.807) is 11.3 Å². The van der Waals surface area contributed by atoms with Crippen LogP contribution in [0.4, 0.5) is 0 Å². The summed E-state index contributed by atoms with van der Waals surface area (Å²) in [5.74, 6) is 0. The number of hydrogen-bond donors (Lipinski definition) is 1. The normalized spacial score (nSPS) is 11.2. The lowest BCUT2D eigenvalue weighted by molar-refractivity contribution is 0.673. The molecule has 0 spiro atoms. The third kappa shape index (κ3) is 1.83. The summed E-state index contributed by atoms with van der Waals surface area (Å²) in [6.07, 6.45) is 0. The van der Waals surface area contributed by atoms with Crippen molar-refractivity contribution in [3.63, 3.8) is 0 Å². The minimum absolute atomic E-state index is 0.839. The number of fused-ring (bicyclic) bond motifs is 1. The highest BCUT2D eigenvalue weighted by molar-refractivity contribution is 7.17. The van der Waals surface area contributed by atoms with E-state index in [0.717, 1.165) is 12.2 Å². The van der Waals surface area contributed by atoms with Gasteiger partial charge in [-0.15, -0.1) is 11.3 Å². The van der Waals surface area contributed by atoms with Crippen LogP contribution in [0.1, 0.15) is 5.69 Å². The van der Waals surface area contributed by atoms with Gasteiger partial charge >= 0.3 is 0 Å². The van der Waals surface area contributed by atoms with Gasteiger partial charge < -0.3 is 5.32 Å². The zero-order valence-corrected chi connectivity index (χ0v) is 11.3. The zero-order chi connectivity index (χ0) is 12.5. The van der Waals surface area contributed by atoms with Crippen LogP contribution < -0.4 is 5.32 Å². The maximum atomic E-state index is 4.61. The number of rotatable bonds is 3. The molecule has 18 heavy (non-hydrogen) atoms. The van der Waals surface area contributed by atoms with Crippen molar-refractivity contribution in [3.05, 3.63) is 41.4 Å². The molecule has 0 aliphatic rings. The molecule has 0 fully saturated rings. The summed E-state index contributed by atoms with van der Waals surface area (Å²) in [5, 5.41) is 11.2. The molecule has 0 aliphatic heterocycles. The standard InChI is InChI=1S/C14H15N3S/c1-15-8-10-7-13(16-17(10)2)12-9-18-14-6-4-3-5-11(12)14/h3-7,9,15H,8H2,1-2H3. The lowest BCUT2D eigenvalue weighted by atomic mass is 10.1. The SMILES string of the molecule is CNCc1cc(-c2csc3ccccc23)nn1C. The van der Waals surface area contributed by atoms with E-state index < -0.39 is 0 Å². The van der Waals surface area contributed by atoms with E-state index in [9.17, 15) is 0 Å². The van der Waals surface area contributed by atoms with Crippen molar-refractivity contribution in [1.82, 2.24) is 15.1 Å². The second kappa shape index (κ2) is 4.55. The maximum absolute atomic E-state index is 4.61. The Labute approximate surface area is 110 Å². The van der Waals surface area contributed by atoms with Gasteiger partial charge in [0, 0.05) is 34.6 Å². The Balaban J connectivity index is 2.11. The van der Waals surface area contributed by atoms with Gasteiger partial charge in [-0.3, -0.25) is 4.68 Å². The third-order valence-electron chi connectivity index (χ3n) is 3.09. The van der Waals surface area contributed by atoms with Gasteiger partial charge in [0.15, 0.2) is 0 Å². The molecule has 0 atom stereocenters. The molecule has 92 valence electrons. The van der Waals surface area contributed by atoms with Crippen LogP contribution in [0.3, 0.4) is 0 Å². The molecule has 1 N–H and O–H groups in total. The van der Waals surface area contributed by atoms with E-state index in [1.807, 2.05) is 18.8 Å². The summed E-state index contributed by atoms with van der Waals surface area (Å²) >= 11 is 1.77. The molecule has 0 radical (unpaired) electrons. The average Bonchev–Trinajstić information content (AvgIpc) is 2.94. The fourth-order valence-corrected chi connectivity index (χ4v) is 3.11. The zero-order valence-electron chi connectivity index (χ0n) is 10.5. The van der Waals surface area contributed by atoms with Crippen LogP contribution in [0, 0.1) is 0 Å². The topological polar surface area (TPSA) is 29.9 Å². The number of nitrogens with one attached hydrogen (secondary N) is 1. The molecule has 3 nitrogen and oxygen atoms in total. The van der Waals surface area contributed by atoms with Gasteiger partial charge in [0.1, 0.15) is 0 Å². The second-order valence-electron chi connectivity index (χ2n) is 4.32. The van der Waals surface area contributed by atoms with Crippen LogP contribution in [0.15, 0.2) is 35.7 Å². The second-order valence-corrected chi connectivity index (χ2v) is 5.23. The van der Waals surface area contributed by atoms with Crippen molar-refractivity contribution in [1.29, 1.82) is 0 Å². The van der Waals surface area contributed by atoms with E-state index in [0.29, 0.717) is 0 Å². The maximum Gasteiger partial charge on any atom is 0.0941 e. The van der Waals surface area contributed by atoms with Crippen molar-refractivity contribution >= 4 is 21.4 Å². The molecule has 3 aromatic rings. The number of aryl methyl sites for hydroxylation is 1. The molecule has 1 aromatic carbocycles. The molecule has 0 saturated carbocycles. The summed E-state index contributed by atoms with van der Waals surface area (Å²) in [7, 11) is 3.94. The van der Waals surface area contributed by atoms with Gasteiger partial charge in [-0.2, -0.15) is 5.10 Å². The predicted octanol–water partition coefficient (Wildman–Crippen LogP) is 3.02. The number of thiophene rings is 1. The van der Waals surface area contributed by atoms with Gasteiger partial charge in [-0.05, 0) is 19.2 Å². The molecule has 2 heterocycles. The van der Waals surface area contributed by atoms with Crippen LogP contribution in [0.2, 0.25) is 0 Å². The lowest BCUT2D eigenvalue weighted by Gasteiger charge is -1.97. The molecule has 0 bridgehead atoms. The van der Waals surface area contributed by atoms with Crippen molar-refractivity contribution in [2.45, 2.75) is 6.54 Å². The highest BCUT2D eigenvalue weighted by atomic mass is 32.1. The molecule has 0 aliphatic carbocycles. The van der Waals surface area contributed by atoms with Crippen LogP contribution in [-0.2, 0) is 13.6 Å². The molecule has 2 aromatic heterocycles. The smallest absolute Gasteiger partial charge is 0.0941 e. The van der Waals surface area contributed by atoms with Crippen molar-refractivity contribution < 1.29 is 0 Å². The molecule has 0 unspecified atom stereocenters. The predicted molar refractivity (Wildman–Crippen MR) is 76.8 cm³/mol. The summed E-state index contributed by atoms with van der Waals surface area (Å²) in [4.78, 5) is 0. The van der Waals surface area contributed by atoms with E-state index in [-0.39, 0.29) is 0 Å². The van der Waals surface area contributed by atoms with Crippen molar-refractivity contribution in [3.8, 4) is 11.3 Å². The largest absolute Gasteiger partial charge is 0.314 e. The van der Waals surface area contributed by atoms with E-state index >= 15 is 0 Å². The average molecular weight is 257 g/mol. The van der Waals surface area contributed by atoms with Crippen LogP contribution in [-0.4, -0.2) is 16.8 Å². The number of aromatic nitrogens is 2. The lowest BCUT2D eigenvalue weighted by Crippen LogP contribution is -2.09. The van der Waals surface area contributed by atoms with Crippen LogP contribution in [0.25, 0.3) is 21.3 Å². The number of benzene rings is 1. The number of hydrogen-bond acceptors (Lipinski definition) is 3. The fourth-order valence-electron chi connectivity index (χ4n) is 2.16. The van der Waals surface area contributed by atoms with Gasteiger partial charge in [0.05, 0.1) is 11.4 Å². The van der Waals surface area contributed by atoms with Gasteiger partial charge in [0.2, 0.25) is 0 Å². The van der Waals surface area contributed by atoms with E-state index in [4.69, 9.17) is 0 Å². The highest BCUT2D eigenvalue weighted by Gasteiger charge is 2.11. The van der Waals surface area contributed by atoms with E-state index in [2.05, 4.69) is 46.1 Å². The first-order valence-corrected chi connectivity index (χ1v) is 6.81. The summed E-state index contributed by atoms with van der Waals surface area (Å²) in [5.41, 5.74) is 3.48. The molecule has 3 rings (SSSR count). The van der Waals surface area contributed by atoms with Crippen molar-refractivity contribution in [2.24, 2.45) is 7.05 Å². The Morgan fingerprint density at radius 2 is 2.17 bits per heavy atom. The monoisotopic (exact) mass is 257 g/mol. The molecular weight excluding hydrogens is 242 g/mol. The van der Waals surface area contributed by atoms with Crippen LogP contribution in [0.5, 0.6) is 0 Å². The third-order valence-corrected chi connectivity index (χ3v) is 4.06. The fraction of sp³-hybridized carbons (Fsp3) is 0.214. The molecular formula is C14H15N3S. The van der Waals surface area contributed by atoms with Gasteiger partial charge in [0.25, 0.3) is 0 Å². The first-order chi connectivity index (χ1) is 8.79. The summed E-state index contributed by atoms with van der Waals surface area (Å²) in [6.45, 7) is 0.839. The first-order valence-electron chi connectivity index (χ1n) is 5.93. The minimum Gasteiger partial charge on any atom is -0.314 e. The molecule has 0 amide bonds. The Bertz CT molecular complexity index is 681. The summed E-state index contributed by atoms with van der Waals surface area (Å²) < 4.78 is 3.26. The Hall–Kier alpha value is -1.65. The minimum atomic E-state index is 0.839. The molecule has 4 heteroatoms. The first kappa shape index (κ1) is 11.4. The quantitative estimate of drug-likeness (QED) is 0.781. The summed E-state index contributed by atoms with van der Waals surface area (Å²) in [6, 6.07) is 10.6. The van der Waals surface area contributed by atoms with Crippen molar-refractivity contribution in [2.75, 3.05) is 7.05 Å². The van der Waals surface area contributed by atoms with E-state index in [1.165, 1.54) is 21.3 Å². The van der Waals surface area contributed by atoms with Crippen LogP contribution >= 0.6 is 11.3 Å².